The molecule has 0 bridgehead atoms. The van der Waals surface area contributed by atoms with E-state index in [1.54, 1.807) is 0 Å². The van der Waals surface area contributed by atoms with Gasteiger partial charge < -0.3 is 4.74 Å². The topological polar surface area (TPSA) is 55.7 Å². The summed E-state index contributed by atoms with van der Waals surface area (Å²) in [6.45, 7) is 5.95. The van der Waals surface area contributed by atoms with Crippen molar-refractivity contribution in [2.75, 3.05) is 0 Å². The van der Waals surface area contributed by atoms with Crippen molar-refractivity contribution in [3.8, 4) is 5.75 Å². The Hall–Kier alpha value is -3.29. The molecule has 0 radical (unpaired) electrons. The highest BCUT2D eigenvalue weighted by Crippen LogP contribution is 2.26. The van der Waals surface area contributed by atoms with Gasteiger partial charge in [0.1, 0.15) is 5.71 Å². The fourth-order valence-corrected chi connectivity index (χ4v) is 4.10. The number of hydrogen-bond acceptors (Lipinski definition) is 3. The van der Waals surface area contributed by atoms with Crippen LogP contribution in [0.1, 0.15) is 85.0 Å². The monoisotopic (exact) mass is 547 g/mol. The lowest BCUT2D eigenvalue weighted by molar-refractivity contribution is -0.128. The first-order valence-electron chi connectivity index (χ1n) is 13.5. The maximum Gasteiger partial charge on any atom is 0.358 e. The van der Waals surface area contributed by atoms with Crippen molar-refractivity contribution in [3.05, 3.63) is 76.9 Å². The second-order valence-electron chi connectivity index (χ2n) is 9.79. The SMILES string of the molecule is CCCCCCCCCC(=O)N=C(CC1/C=C(C)/C=C\C=C/C(C)=C/C1)C(=O)Oc1cc(F)c(F)c(F)c1F. The Morgan fingerprint density at radius 2 is 1.54 bits per heavy atom. The van der Waals surface area contributed by atoms with Crippen LogP contribution in [0.25, 0.3) is 0 Å². The van der Waals surface area contributed by atoms with Gasteiger partial charge >= 0.3 is 5.97 Å². The molecule has 0 saturated heterocycles. The highest BCUT2D eigenvalue weighted by molar-refractivity contribution is 6.38. The Bertz CT molecular complexity index is 1160. The van der Waals surface area contributed by atoms with Crippen LogP contribution in [0.3, 0.4) is 0 Å². The molecule has 0 N–H and O–H groups in total. The summed E-state index contributed by atoms with van der Waals surface area (Å²) in [7, 11) is 0. The van der Waals surface area contributed by atoms with Crippen molar-refractivity contribution in [3.63, 3.8) is 0 Å². The molecule has 1 aliphatic rings. The number of esters is 1. The summed E-state index contributed by atoms with van der Waals surface area (Å²) in [5.41, 5.74) is 1.60. The van der Waals surface area contributed by atoms with Crippen LogP contribution in [0.5, 0.6) is 5.75 Å². The van der Waals surface area contributed by atoms with Crippen LogP contribution in [0.4, 0.5) is 17.6 Å². The van der Waals surface area contributed by atoms with Crippen LogP contribution in [0, 0.1) is 29.2 Å². The normalized spacial score (nSPS) is 20.4. The highest BCUT2D eigenvalue weighted by atomic mass is 19.2. The van der Waals surface area contributed by atoms with Crippen LogP contribution in [0.2, 0.25) is 0 Å². The molecule has 2 rings (SSSR count). The molecule has 4 nitrogen and oxygen atoms in total. The first-order chi connectivity index (χ1) is 18.6. The molecule has 0 aromatic heterocycles. The van der Waals surface area contributed by atoms with Gasteiger partial charge in [-0.3, -0.25) is 4.79 Å². The lowest BCUT2D eigenvalue weighted by Gasteiger charge is -2.15. The van der Waals surface area contributed by atoms with Crippen molar-refractivity contribution < 1.29 is 31.9 Å². The van der Waals surface area contributed by atoms with E-state index in [0.29, 0.717) is 12.8 Å². The lowest BCUT2D eigenvalue weighted by atomic mass is 9.94. The van der Waals surface area contributed by atoms with Gasteiger partial charge in [-0.15, -0.1) is 0 Å². The predicted molar refractivity (Wildman–Crippen MR) is 145 cm³/mol. The van der Waals surface area contributed by atoms with Gasteiger partial charge in [-0.2, -0.15) is 4.39 Å². The second kappa shape index (κ2) is 16.6. The molecule has 0 spiro atoms. The van der Waals surface area contributed by atoms with E-state index < -0.39 is 40.9 Å². The van der Waals surface area contributed by atoms with E-state index in [-0.39, 0.29) is 30.5 Å². The predicted octanol–water partition coefficient (Wildman–Crippen LogP) is 8.67. The van der Waals surface area contributed by atoms with Crippen LogP contribution >= 0.6 is 0 Å². The number of carbonyl (C=O) groups excluding carboxylic acids is 2. The zero-order valence-electron chi connectivity index (χ0n) is 22.9. The number of halogens is 4. The van der Waals surface area contributed by atoms with E-state index in [4.69, 9.17) is 4.74 Å². The molecule has 39 heavy (non-hydrogen) atoms. The third kappa shape index (κ3) is 11.2. The molecule has 0 saturated carbocycles. The molecule has 212 valence electrons. The van der Waals surface area contributed by atoms with Crippen molar-refractivity contribution in [2.24, 2.45) is 10.9 Å². The summed E-state index contributed by atoms with van der Waals surface area (Å²) in [6, 6.07) is 0.250. The summed E-state index contributed by atoms with van der Waals surface area (Å²) in [5, 5.41) is 0. The Labute approximate surface area is 228 Å². The maximum absolute atomic E-state index is 14.2. The van der Waals surface area contributed by atoms with Crippen LogP contribution < -0.4 is 4.74 Å². The Morgan fingerprint density at radius 1 is 0.897 bits per heavy atom. The number of allylic oxidation sites excluding steroid dienone is 8. The summed E-state index contributed by atoms with van der Waals surface area (Å²) in [5.74, 6) is -10.8. The van der Waals surface area contributed by atoms with Crippen LogP contribution in [0.15, 0.2) is 58.7 Å². The number of benzene rings is 1. The maximum atomic E-state index is 14.2. The van der Waals surface area contributed by atoms with Crippen LogP contribution in [-0.2, 0) is 9.59 Å². The number of amides is 1. The second-order valence-corrected chi connectivity index (χ2v) is 9.79. The lowest BCUT2D eigenvalue weighted by Crippen LogP contribution is -2.25. The van der Waals surface area contributed by atoms with E-state index in [0.717, 1.165) is 43.3 Å². The first-order valence-corrected chi connectivity index (χ1v) is 13.5. The highest BCUT2D eigenvalue weighted by Gasteiger charge is 2.25. The number of rotatable bonds is 12. The molecule has 1 aromatic rings. The van der Waals surface area contributed by atoms with E-state index >= 15 is 0 Å². The molecule has 0 aliphatic heterocycles. The van der Waals surface area contributed by atoms with Crippen LogP contribution in [-0.4, -0.2) is 17.6 Å². The number of aliphatic imine (C=N–C) groups is 1. The molecule has 1 unspecified atom stereocenters. The third-order valence-corrected chi connectivity index (χ3v) is 6.29. The minimum absolute atomic E-state index is 0.0337. The molecule has 1 atom stereocenters. The van der Waals surface area contributed by atoms with Crippen molar-refractivity contribution in [1.82, 2.24) is 0 Å². The van der Waals surface area contributed by atoms with Crippen molar-refractivity contribution >= 4 is 17.6 Å². The zero-order chi connectivity index (χ0) is 28.8. The van der Waals surface area contributed by atoms with Gasteiger partial charge in [-0.1, -0.05) is 93.1 Å². The fourth-order valence-electron chi connectivity index (χ4n) is 4.10. The first kappa shape index (κ1) is 31.9. The number of nitrogens with zero attached hydrogens (tertiary/aromatic N) is 1. The van der Waals surface area contributed by atoms with E-state index in [1.807, 2.05) is 50.3 Å². The number of hydrogen-bond donors (Lipinski definition) is 0. The van der Waals surface area contributed by atoms with Gasteiger partial charge in [-0.25, -0.2) is 23.0 Å². The van der Waals surface area contributed by atoms with Gasteiger partial charge in [-0.05, 0) is 32.6 Å². The van der Waals surface area contributed by atoms with Gasteiger partial charge in [0.2, 0.25) is 17.5 Å². The zero-order valence-corrected chi connectivity index (χ0v) is 22.9. The number of carbonyl (C=O) groups is 2. The summed E-state index contributed by atoms with van der Waals surface area (Å²) in [4.78, 5) is 29.7. The Balaban J connectivity index is 2.26. The molecular formula is C31H37F4NO3. The quantitative estimate of drug-likeness (QED) is 0.0500. The smallest absolute Gasteiger partial charge is 0.358 e. The number of ether oxygens (including phenoxy) is 1. The Morgan fingerprint density at radius 3 is 2.23 bits per heavy atom. The van der Waals surface area contributed by atoms with Crippen molar-refractivity contribution in [2.45, 2.75) is 85.0 Å². The number of unbranched alkanes of at least 4 members (excludes halogenated alkanes) is 6. The van der Waals surface area contributed by atoms with Gasteiger partial charge in [0.05, 0.1) is 0 Å². The summed E-state index contributed by atoms with van der Waals surface area (Å²) < 4.78 is 59.8. The van der Waals surface area contributed by atoms with Gasteiger partial charge in [0.25, 0.3) is 0 Å². The molecule has 1 aliphatic carbocycles. The minimum atomic E-state index is -2.10. The van der Waals surface area contributed by atoms with Crippen molar-refractivity contribution in [1.29, 1.82) is 0 Å². The fraction of sp³-hybridized carbons (Fsp3) is 0.452. The Kier molecular flexibility index (Phi) is 13.6. The van der Waals surface area contributed by atoms with Gasteiger partial charge in [0.15, 0.2) is 17.4 Å². The average Bonchev–Trinajstić information content (AvgIpc) is 2.90. The van der Waals surface area contributed by atoms with Gasteiger partial charge in [0, 0.05) is 18.9 Å². The summed E-state index contributed by atoms with van der Waals surface area (Å²) in [6.07, 6.45) is 19.1. The minimum Gasteiger partial charge on any atom is -0.419 e. The molecule has 1 amide bonds. The van der Waals surface area contributed by atoms with E-state index in [2.05, 4.69) is 11.9 Å². The molecule has 0 fully saturated rings. The molecular weight excluding hydrogens is 510 g/mol. The molecule has 8 heteroatoms. The van der Waals surface area contributed by atoms with E-state index in [1.165, 1.54) is 6.42 Å². The third-order valence-electron chi connectivity index (χ3n) is 6.29. The molecule has 0 heterocycles. The van der Waals surface area contributed by atoms with E-state index in [9.17, 15) is 27.2 Å². The average molecular weight is 548 g/mol. The summed E-state index contributed by atoms with van der Waals surface area (Å²) >= 11 is 0. The largest absolute Gasteiger partial charge is 0.419 e. The standard InChI is InChI=1S/C31H37F4NO3/c1-4-5-6-7-8-9-10-15-27(37)36-25(19-23-17-16-21(2)13-11-12-14-22(3)18-23)31(38)39-26-20-24(32)28(33)30(35)29(26)34/h11-14,16,18,20,23H,4-10,15,17,19H2,1-3H3/b13-11-,14-12-,21-16+,22-18+,36-25?. The molecule has 1 aromatic carbocycles.